The first kappa shape index (κ1) is 16.4. The number of fused-ring (bicyclic) bond motifs is 3. The molecule has 6 heteroatoms. The van der Waals surface area contributed by atoms with Crippen LogP contribution in [0, 0.1) is 17.8 Å². The molecule has 0 saturated heterocycles. The molecule has 1 aromatic rings. The minimum Gasteiger partial charge on any atom is -0.365 e. The van der Waals surface area contributed by atoms with E-state index in [4.69, 9.17) is 5.73 Å². The summed E-state index contributed by atoms with van der Waals surface area (Å²) in [6, 6.07) is 1.42. The zero-order valence-corrected chi connectivity index (χ0v) is 14.3. The lowest BCUT2D eigenvalue weighted by Crippen LogP contribution is -2.35. The molecule has 2 bridgehead atoms. The van der Waals surface area contributed by atoms with Crippen molar-refractivity contribution in [1.82, 2.24) is 10.3 Å². The molecule has 3 aliphatic rings. The van der Waals surface area contributed by atoms with E-state index in [0.29, 0.717) is 12.3 Å². The highest BCUT2D eigenvalue weighted by molar-refractivity contribution is 5.92. The summed E-state index contributed by atoms with van der Waals surface area (Å²) in [7, 11) is 0. The molecule has 2 amide bonds. The number of amides is 2. The molecule has 1 aromatic heterocycles. The van der Waals surface area contributed by atoms with Crippen LogP contribution in [0.1, 0.15) is 72.6 Å². The number of nitrogens with one attached hydrogen (secondary N) is 2. The van der Waals surface area contributed by atoms with Crippen molar-refractivity contribution in [2.75, 3.05) is 0 Å². The van der Waals surface area contributed by atoms with Crippen molar-refractivity contribution >= 4 is 11.8 Å². The maximum absolute atomic E-state index is 12.6. The van der Waals surface area contributed by atoms with Crippen molar-refractivity contribution < 1.29 is 9.59 Å². The van der Waals surface area contributed by atoms with Crippen LogP contribution < -0.4 is 16.6 Å². The van der Waals surface area contributed by atoms with Crippen LogP contribution in [0.2, 0.25) is 0 Å². The Bertz CT molecular complexity index is 770. The number of H-pyrrole nitrogens is 1. The number of carbonyl (C=O) groups is 2. The number of carbonyl (C=O) groups excluding carboxylic acids is 2. The third-order valence-corrected chi connectivity index (χ3v) is 6.39. The molecule has 0 aromatic carbocycles. The Morgan fingerprint density at radius 2 is 2.08 bits per heavy atom. The van der Waals surface area contributed by atoms with Gasteiger partial charge in [0.25, 0.3) is 11.5 Å². The maximum Gasteiger partial charge on any atom is 0.261 e. The van der Waals surface area contributed by atoms with Gasteiger partial charge in [-0.15, -0.1) is 0 Å². The van der Waals surface area contributed by atoms with Crippen LogP contribution in [0.5, 0.6) is 0 Å². The number of hydrogen-bond donors (Lipinski definition) is 3. The Kier molecular flexibility index (Phi) is 4.13. The average Bonchev–Trinajstić information content (AvgIpc) is 3.16. The fourth-order valence-electron chi connectivity index (χ4n) is 5.19. The second-order valence-electron chi connectivity index (χ2n) is 7.96. The highest BCUT2D eigenvalue weighted by Gasteiger charge is 2.40. The van der Waals surface area contributed by atoms with Crippen LogP contribution in [-0.4, -0.2) is 16.8 Å². The lowest BCUT2D eigenvalue weighted by molar-refractivity contribution is -0.123. The maximum atomic E-state index is 12.6. The molecule has 2 fully saturated rings. The van der Waals surface area contributed by atoms with Gasteiger partial charge in [0.15, 0.2) is 0 Å². The van der Waals surface area contributed by atoms with Crippen molar-refractivity contribution in [2.24, 2.45) is 23.5 Å². The Labute approximate surface area is 146 Å². The molecule has 1 heterocycles. The summed E-state index contributed by atoms with van der Waals surface area (Å²) in [4.78, 5) is 38.7. The van der Waals surface area contributed by atoms with Crippen molar-refractivity contribution in [3.05, 3.63) is 33.2 Å². The fraction of sp³-hybridized carbons (Fsp3) is 0.632. The fourth-order valence-corrected chi connectivity index (χ4v) is 5.19. The first-order valence-electron chi connectivity index (χ1n) is 9.36. The van der Waals surface area contributed by atoms with Crippen molar-refractivity contribution in [3.8, 4) is 0 Å². The minimum absolute atomic E-state index is 0.0343. The molecule has 25 heavy (non-hydrogen) atoms. The molecule has 4 atom stereocenters. The topological polar surface area (TPSA) is 105 Å². The number of pyridine rings is 1. The third kappa shape index (κ3) is 3.10. The number of rotatable bonds is 4. The van der Waals surface area contributed by atoms with E-state index >= 15 is 0 Å². The van der Waals surface area contributed by atoms with Crippen LogP contribution in [0.15, 0.2) is 10.9 Å². The van der Waals surface area contributed by atoms with E-state index in [9.17, 15) is 14.4 Å². The first-order valence-corrected chi connectivity index (χ1v) is 9.36. The number of aromatic nitrogens is 1. The van der Waals surface area contributed by atoms with Crippen LogP contribution in [0.4, 0.5) is 0 Å². The standard InChI is InChI=1S/C19H25N3O3/c20-18(24)14-9-13-15(2-1-3-16(13)22-19(14)25)21-17(23)8-12-7-10-4-5-11(12)6-10/h9-12,15H,1-8H2,(H2,20,24)(H,21,23)(H,22,25). The van der Waals surface area contributed by atoms with Gasteiger partial charge in [-0.05, 0) is 67.9 Å². The predicted octanol–water partition coefficient (Wildman–Crippen LogP) is 1.79. The summed E-state index contributed by atoms with van der Waals surface area (Å²) in [5.41, 5.74) is 6.46. The smallest absolute Gasteiger partial charge is 0.261 e. The zero-order valence-electron chi connectivity index (χ0n) is 14.3. The predicted molar refractivity (Wildman–Crippen MR) is 93.0 cm³/mol. The lowest BCUT2D eigenvalue weighted by Gasteiger charge is -2.28. The molecule has 0 radical (unpaired) electrons. The monoisotopic (exact) mass is 343 g/mol. The summed E-state index contributed by atoms with van der Waals surface area (Å²) in [5, 5.41) is 3.13. The molecule has 134 valence electrons. The van der Waals surface area contributed by atoms with Gasteiger partial charge in [0.05, 0.1) is 6.04 Å². The van der Waals surface area contributed by atoms with Gasteiger partial charge in [0.2, 0.25) is 5.91 Å². The number of primary amides is 1. The Morgan fingerprint density at radius 3 is 2.76 bits per heavy atom. The third-order valence-electron chi connectivity index (χ3n) is 6.39. The number of aromatic amines is 1. The van der Waals surface area contributed by atoms with Crippen LogP contribution in [0.3, 0.4) is 0 Å². The number of hydrogen-bond acceptors (Lipinski definition) is 3. The van der Waals surface area contributed by atoms with E-state index in [0.717, 1.165) is 42.4 Å². The highest BCUT2D eigenvalue weighted by atomic mass is 16.2. The average molecular weight is 343 g/mol. The van der Waals surface area contributed by atoms with Crippen molar-refractivity contribution in [3.63, 3.8) is 0 Å². The Morgan fingerprint density at radius 1 is 1.24 bits per heavy atom. The summed E-state index contributed by atoms with van der Waals surface area (Å²) < 4.78 is 0. The second kappa shape index (κ2) is 6.32. The first-order chi connectivity index (χ1) is 12.0. The Balaban J connectivity index is 1.48. The van der Waals surface area contributed by atoms with E-state index in [1.54, 1.807) is 6.07 Å². The molecule has 4 rings (SSSR count). The molecule has 2 saturated carbocycles. The van der Waals surface area contributed by atoms with Crippen LogP contribution in [0.25, 0.3) is 0 Å². The van der Waals surface area contributed by atoms with E-state index in [1.165, 1.54) is 25.7 Å². The van der Waals surface area contributed by atoms with Gasteiger partial charge in [0, 0.05) is 12.1 Å². The van der Waals surface area contributed by atoms with E-state index in [-0.39, 0.29) is 17.5 Å². The summed E-state index contributed by atoms with van der Waals surface area (Å²) in [6.45, 7) is 0. The summed E-state index contributed by atoms with van der Waals surface area (Å²) >= 11 is 0. The molecular weight excluding hydrogens is 318 g/mol. The lowest BCUT2D eigenvalue weighted by atomic mass is 9.85. The molecule has 0 spiro atoms. The largest absolute Gasteiger partial charge is 0.365 e. The SMILES string of the molecule is NC(=O)c1cc2c([nH]c1=O)CCCC2NC(=O)CC1CC2CCC1C2. The van der Waals surface area contributed by atoms with E-state index in [1.807, 2.05) is 0 Å². The van der Waals surface area contributed by atoms with E-state index in [2.05, 4.69) is 10.3 Å². The Hall–Kier alpha value is -2.11. The molecular formula is C19H25N3O3. The van der Waals surface area contributed by atoms with Gasteiger partial charge in [-0.2, -0.15) is 0 Å². The normalized spacial score (nSPS) is 30.1. The van der Waals surface area contributed by atoms with Gasteiger partial charge in [-0.3, -0.25) is 14.4 Å². The van der Waals surface area contributed by atoms with Gasteiger partial charge >= 0.3 is 0 Å². The number of nitrogens with two attached hydrogens (primary N) is 1. The van der Waals surface area contributed by atoms with Gasteiger partial charge < -0.3 is 16.0 Å². The minimum atomic E-state index is -0.735. The summed E-state index contributed by atoms with van der Waals surface area (Å²) in [5.74, 6) is 1.44. The zero-order chi connectivity index (χ0) is 17.6. The van der Waals surface area contributed by atoms with Crippen molar-refractivity contribution in [1.29, 1.82) is 0 Å². The summed E-state index contributed by atoms with van der Waals surface area (Å²) in [6.07, 6.45) is 8.17. The highest BCUT2D eigenvalue weighted by Crippen LogP contribution is 2.49. The number of aryl methyl sites for hydroxylation is 1. The molecule has 4 unspecified atom stereocenters. The second-order valence-corrected chi connectivity index (χ2v) is 7.96. The molecule has 6 nitrogen and oxygen atoms in total. The van der Waals surface area contributed by atoms with Crippen LogP contribution >= 0.6 is 0 Å². The van der Waals surface area contributed by atoms with Gasteiger partial charge in [0.1, 0.15) is 5.56 Å². The van der Waals surface area contributed by atoms with Gasteiger partial charge in [-0.25, -0.2) is 0 Å². The molecule has 3 aliphatic carbocycles. The van der Waals surface area contributed by atoms with Crippen molar-refractivity contribution in [2.45, 2.75) is 57.4 Å². The molecule has 4 N–H and O–H groups in total. The molecule has 0 aliphatic heterocycles. The van der Waals surface area contributed by atoms with Crippen LogP contribution in [-0.2, 0) is 11.2 Å². The van der Waals surface area contributed by atoms with Gasteiger partial charge in [-0.1, -0.05) is 6.42 Å². The van der Waals surface area contributed by atoms with E-state index < -0.39 is 11.5 Å². The quantitative estimate of drug-likeness (QED) is 0.776.